The van der Waals surface area contributed by atoms with Crippen molar-refractivity contribution in [1.82, 2.24) is 25.5 Å². The third-order valence-electron chi connectivity index (χ3n) is 4.58. The number of hydrogen-bond acceptors (Lipinski definition) is 9. The smallest absolute Gasteiger partial charge is 0.269 e. The topological polar surface area (TPSA) is 117 Å². The van der Waals surface area contributed by atoms with Crippen LogP contribution >= 0.6 is 23.4 Å². The van der Waals surface area contributed by atoms with Crippen molar-refractivity contribution in [2.24, 2.45) is 7.05 Å². The number of nitro groups is 1. The molecule has 0 unspecified atom stereocenters. The summed E-state index contributed by atoms with van der Waals surface area (Å²) in [5.74, 6) is 2.03. The number of benzene rings is 2. The highest BCUT2D eigenvalue weighted by Gasteiger charge is 2.12. The van der Waals surface area contributed by atoms with Crippen molar-refractivity contribution in [3.8, 4) is 11.5 Å². The molecule has 0 aliphatic carbocycles. The molecule has 10 nitrogen and oxygen atoms in total. The Hall–Kier alpha value is -2.89. The molecule has 0 saturated heterocycles. The second kappa shape index (κ2) is 12.4. The van der Waals surface area contributed by atoms with Crippen LogP contribution in [-0.4, -0.2) is 44.0 Å². The van der Waals surface area contributed by atoms with Gasteiger partial charge in [-0.15, -0.1) is 5.10 Å². The quantitative estimate of drug-likeness (QED) is 0.163. The van der Waals surface area contributed by atoms with E-state index < -0.39 is 4.92 Å². The molecule has 33 heavy (non-hydrogen) atoms. The highest BCUT2D eigenvalue weighted by atomic mass is 35.5. The average Bonchev–Trinajstić information content (AvgIpc) is 3.21. The van der Waals surface area contributed by atoms with Gasteiger partial charge in [-0.05, 0) is 59.6 Å². The number of thioether (sulfide) groups is 1. The lowest BCUT2D eigenvalue weighted by Crippen LogP contribution is -2.16. The van der Waals surface area contributed by atoms with Crippen LogP contribution in [0.4, 0.5) is 5.69 Å². The molecule has 2 aromatic carbocycles. The first kappa shape index (κ1) is 24.7. The van der Waals surface area contributed by atoms with Crippen LogP contribution in [0.1, 0.15) is 24.5 Å². The Morgan fingerprint density at radius 3 is 2.64 bits per heavy atom. The van der Waals surface area contributed by atoms with Gasteiger partial charge in [-0.2, -0.15) is 0 Å². The zero-order valence-corrected chi connectivity index (χ0v) is 19.9. The standard InChI is InChI=1S/C21H25ClN6O4S/c1-3-31-19-11-16(13-23-9-4-10-33-21-24-25-26-27(21)2)18(22)12-20(19)32-14-15-5-7-17(8-6-15)28(29)30/h5-8,11-12,23H,3-4,9-10,13-14H2,1-2H3. The number of nitro benzene ring substituents is 1. The van der Waals surface area contributed by atoms with Crippen LogP contribution in [0.25, 0.3) is 0 Å². The van der Waals surface area contributed by atoms with Crippen LogP contribution in [0.3, 0.4) is 0 Å². The Kier molecular flexibility index (Phi) is 9.28. The lowest BCUT2D eigenvalue weighted by atomic mass is 10.2. The van der Waals surface area contributed by atoms with Gasteiger partial charge in [0.2, 0.25) is 5.16 Å². The van der Waals surface area contributed by atoms with Gasteiger partial charge in [0.1, 0.15) is 6.61 Å². The van der Waals surface area contributed by atoms with E-state index in [1.165, 1.54) is 12.1 Å². The summed E-state index contributed by atoms with van der Waals surface area (Å²) in [6, 6.07) is 9.85. The second-order valence-electron chi connectivity index (χ2n) is 7.00. The molecule has 0 bridgehead atoms. The number of halogens is 1. The minimum absolute atomic E-state index is 0.0397. The van der Waals surface area contributed by atoms with E-state index in [9.17, 15) is 10.1 Å². The molecule has 1 heterocycles. The number of aromatic nitrogens is 4. The summed E-state index contributed by atoms with van der Waals surface area (Å²) in [6.07, 6.45) is 0.948. The summed E-state index contributed by atoms with van der Waals surface area (Å²) in [4.78, 5) is 10.4. The Morgan fingerprint density at radius 1 is 1.21 bits per heavy atom. The molecular weight excluding hydrogens is 468 g/mol. The van der Waals surface area contributed by atoms with Gasteiger partial charge < -0.3 is 14.8 Å². The van der Waals surface area contributed by atoms with Gasteiger partial charge in [-0.3, -0.25) is 10.1 Å². The summed E-state index contributed by atoms with van der Waals surface area (Å²) >= 11 is 8.10. The maximum atomic E-state index is 10.8. The molecule has 12 heteroatoms. The largest absolute Gasteiger partial charge is 0.490 e. The molecule has 0 spiro atoms. The van der Waals surface area contributed by atoms with Gasteiger partial charge in [0.15, 0.2) is 11.5 Å². The molecule has 0 radical (unpaired) electrons. The Morgan fingerprint density at radius 2 is 1.97 bits per heavy atom. The van der Waals surface area contributed by atoms with Crippen molar-refractivity contribution in [3.05, 3.63) is 62.7 Å². The zero-order valence-electron chi connectivity index (χ0n) is 18.4. The first-order valence-electron chi connectivity index (χ1n) is 10.3. The Bertz CT molecular complexity index is 1060. The summed E-state index contributed by atoms with van der Waals surface area (Å²) in [6.45, 7) is 4.03. The average molecular weight is 493 g/mol. The molecule has 176 valence electrons. The lowest BCUT2D eigenvalue weighted by Gasteiger charge is -2.15. The summed E-state index contributed by atoms with van der Waals surface area (Å²) < 4.78 is 13.3. The molecule has 3 rings (SSSR count). The van der Waals surface area contributed by atoms with E-state index in [-0.39, 0.29) is 12.3 Å². The van der Waals surface area contributed by atoms with Crippen molar-refractivity contribution < 1.29 is 14.4 Å². The van der Waals surface area contributed by atoms with Crippen molar-refractivity contribution in [2.75, 3.05) is 18.9 Å². The molecular formula is C21H25ClN6O4S. The number of ether oxygens (including phenoxy) is 2. The van der Waals surface area contributed by atoms with Crippen LogP contribution in [0, 0.1) is 10.1 Å². The SMILES string of the molecule is CCOc1cc(CNCCCSc2nnnn2C)c(Cl)cc1OCc1ccc([N+](=O)[O-])cc1. The predicted octanol–water partition coefficient (Wildman–Crippen LogP) is 4.02. The molecule has 0 atom stereocenters. The lowest BCUT2D eigenvalue weighted by molar-refractivity contribution is -0.384. The summed E-state index contributed by atoms with van der Waals surface area (Å²) in [7, 11) is 1.82. The fourth-order valence-corrected chi connectivity index (χ4v) is 3.91. The zero-order chi connectivity index (χ0) is 23.6. The van der Waals surface area contributed by atoms with Gasteiger partial charge in [-0.1, -0.05) is 23.4 Å². The normalized spacial score (nSPS) is 10.9. The third kappa shape index (κ3) is 7.31. The highest BCUT2D eigenvalue weighted by molar-refractivity contribution is 7.99. The predicted molar refractivity (Wildman–Crippen MR) is 126 cm³/mol. The van der Waals surface area contributed by atoms with Crippen LogP contribution in [0.2, 0.25) is 5.02 Å². The van der Waals surface area contributed by atoms with Crippen LogP contribution in [0.5, 0.6) is 11.5 Å². The monoisotopic (exact) mass is 492 g/mol. The Labute approximate surface area is 200 Å². The number of nitrogens with zero attached hydrogens (tertiary/aromatic N) is 5. The first-order chi connectivity index (χ1) is 16.0. The summed E-state index contributed by atoms with van der Waals surface area (Å²) in [5, 5.41) is 26.9. The van der Waals surface area contributed by atoms with Gasteiger partial charge in [0, 0.05) is 42.6 Å². The first-order valence-corrected chi connectivity index (χ1v) is 11.7. The molecule has 0 fully saturated rings. The highest BCUT2D eigenvalue weighted by Crippen LogP contribution is 2.34. The molecule has 0 saturated carbocycles. The molecule has 0 aliphatic heterocycles. The maximum Gasteiger partial charge on any atom is 0.269 e. The minimum atomic E-state index is -0.432. The number of aryl methyl sites for hydroxylation is 1. The number of hydrogen-bond donors (Lipinski definition) is 1. The third-order valence-corrected chi connectivity index (χ3v) is 6.03. The van der Waals surface area contributed by atoms with E-state index in [1.54, 1.807) is 34.6 Å². The molecule has 3 aromatic rings. The van der Waals surface area contributed by atoms with Gasteiger partial charge in [0.25, 0.3) is 5.69 Å². The fraction of sp³-hybridized carbons (Fsp3) is 0.381. The fourth-order valence-electron chi connectivity index (χ4n) is 2.90. The van der Waals surface area contributed by atoms with Crippen LogP contribution in [-0.2, 0) is 20.2 Å². The van der Waals surface area contributed by atoms with Gasteiger partial charge >= 0.3 is 0 Å². The Balaban J connectivity index is 1.52. The van der Waals surface area contributed by atoms with E-state index in [0.717, 1.165) is 35.0 Å². The summed E-state index contributed by atoms with van der Waals surface area (Å²) in [5.41, 5.74) is 1.76. The molecule has 0 aliphatic rings. The van der Waals surface area contributed by atoms with E-state index in [0.29, 0.717) is 29.7 Å². The van der Waals surface area contributed by atoms with E-state index in [1.807, 2.05) is 20.0 Å². The van der Waals surface area contributed by atoms with E-state index in [4.69, 9.17) is 21.1 Å². The number of non-ortho nitro benzene ring substituents is 1. The number of nitrogens with one attached hydrogen (secondary N) is 1. The minimum Gasteiger partial charge on any atom is -0.490 e. The van der Waals surface area contributed by atoms with Crippen molar-refractivity contribution >= 4 is 29.1 Å². The van der Waals surface area contributed by atoms with Crippen LogP contribution < -0.4 is 14.8 Å². The van der Waals surface area contributed by atoms with E-state index >= 15 is 0 Å². The van der Waals surface area contributed by atoms with E-state index in [2.05, 4.69) is 20.8 Å². The second-order valence-corrected chi connectivity index (χ2v) is 8.47. The van der Waals surface area contributed by atoms with Crippen molar-refractivity contribution in [2.45, 2.75) is 31.7 Å². The molecule has 0 amide bonds. The molecule has 1 N–H and O–H groups in total. The van der Waals surface area contributed by atoms with Crippen LogP contribution in [0.15, 0.2) is 41.6 Å². The number of rotatable bonds is 13. The van der Waals surface area contributed by atoms with Crippen molar-refractivity contribution in [1.29, 1.82) is 0 Å². The van der Waals surface area contributed by atoms with Gasteiger partial charge in [-0.25, -0.2) is 4.68 Å². The van der Waals surface area contributed by atoms with Gasteiger partial charge in [0.05, 0.1) is 11.5 Å². The number of tetrazole rings is 1. The van der Waals surface area contributed by atoms with Crippen molar-refractivity contribution in [3.63, 3.8) is 0 Å². The maximum absolute atomic E-state index is 10.8. The molecule has 1 aromatic heterocycles.